The van der Waals surface area contributed by atoms with Crippen LogP contribution in [0.2, 0.25) is 0 Å². The van der Waals surface area contributed by atoms with Gasteiger partial charge in [-0.2, -0.15) is 0 Å². The van der Waals surface area contributed by atoms with Crippen LogP contribution in [0.25, 0.3) is 0 Å². The van der Waals surface area contributed by atoms with E-state index < -0.39 is 23.4 Å². The van der Waals surface area contributed by atoms with Gasteiger partial charge in [-0.1, -0.05) is 0 Å². The summed E-state index contributed by atoms with van der Waals surface area (Å²) in [4.78, 5) is 39.0. The van der Waals surface area contributed by atoms with E-state index in [2.05, 4.69) is 0 Å². The zero-order chi connectivity index (χ0) is 17.8. The quantitative estimate of drug-likeness (QED) is 0.682. The molecule has 2 amide bonds. The van der Waals surface area contributed by atoms with Gasteiger partial charge in [0.05, 0.1) is 13.1 Å². The van der Waals surface area contributed by atoms with E-state index in [1.54, 1.807) is 41.5 Å². The largest absolute Gasteiger partial charge is 0.444 e. The Labute approximate surface area is 137 Å². The number of hydrogen-bond donors (Lipinski definition) is 0. The number of carbonyl (C=O) groups excluding carboxylic acids is 3. The minimum absolute atomic E-state index is 0.0613. The van der Waals surface area contributed by atoms with Crippen molar-refractivity contribution >= 4 is 18.0 Å². The first-order valence-corrected chi connectivity index (χ1v) is 7.85. The molecule has 7 heteroatoms. The van der Waals surface area contributed by atoms with E-state index in [9.17, 15) is 14.4 Å². The van der Waals surface area contributed by atoms with Crippen LogP contribution in [0.3, 0.4) is 0 Å². The molecule has 1 aliphatic rings. The molecule has 0 N–H and O–H groups in total. The molecule has 1 heterocycles. The van der Waals surface area contributed by atoms with Crippen LogP contribution in [0.1, 0.15) is 48.0 Å². The number of ketones is 1. The van der Waals surface area contributed by atoms with Crippen LogP contribution in [-0.2, 0) is 14.3 Å². The molecule has 132 valence electrons. The van der Waals surface area contributed by atoms with Crippen LogP contribution >= 0.6 is 0 Å². The van der Waals surface area contributed by atoms with Gasteiger partial charge in [-0.05, 0) is 48.0 Å². The number of rotatable bonds is 0. The van der Waals surface area contributed by atoms with Crippen molar-refractivity contribution in [1.29, 1.82) is 0 Å². The standard InChI is InChI=1S/C16H28N2O5/c1-15(2,3)22-13(20)17-8-7-9-18(11-12(19)10-17)14(21)23-16(4,5)6/h7-11H2,1-6H3. The summed E-state index contributed by atoms with van der Waals surface area (Å²) >= 11 is 0. The predicted molar refractivity (Wildman–Crippen MR) is 85.2 cm³/mol. The molecule has 1 fully saturated rings. The lowest BCUT2D eigenvalue weighted by molar-refractivity contribution is -0.122. The van der Waals surface area contributed by atoms with Gasteiger partial charge in [0.2, 0.25) is 0 Å². The van der Waals surface area contributed by atoms with Crippen molar-refractivity contribution in [2.45, 2.75) is 59.2 Å². The van der Waals surface area contributed by atoms with E-state index in [-0.39, 0.29) is 18.9 Å². The van der Waals surface area contributed by atoms with Gasteiger partial charge in [-0.3, -0.25) is 4.79 Å². The Morgan fingerprint density at radius 3 is 1.48 bits per heavy atom. The van der Waals surface area contributed by atoms with Crippen molar-refractivity contribution in [2.75, 3.05) is 26.2 Å². The summed E-state index contributed by atoms with van der Waals surface area (Å²) in [5, 5.41) is 0. The number of ether oxygens (including phenoxy) is 2. The van der Waals surface area contributed by atoms with Crippen LogP contribution in [0.15, 0.2) is 0 Å². The maximum Gasteiger partial charge on any atom is 0.410 e. The fourth-order valence-corrected chi connectivity index (χ4v) is 2.05. The van der Waals surface area contributed by atoms with E-state index >= 15 is 0 Å². The molecule has 23 heavy (non-hydrogen) atoms. The van der Waals surface area contributed by atoms with E-state index in [1.165, 1.54) is 9.80 Å². The lowest BCUT2D eigenvalue weighted by Crippen LogP contribution is -2.48. The molecule has 1 aliphatic heterocycles. The summed E-state index contributed by atoms with van der Waals surface area (Å²) < 4.78 is 10.6. The molecule has 1 rings (SSSR count). The lowest BCUT2D eigenvalue weighted by atomic mass is 10.2. The normalized spacial score (nSPS) is 17.4. The van der Waals surface area contributed by atoms with Crippen LogP contribution in [0.4, 0.5) is 9.59 Å². The van der Waals surface area contributed by atoms with E-state index in [0.717, 1.165) is 0 Å². The summed E-state index contributed by atoms with van der Waals surface area (Å²) in [6, 6.07) is 0. The first-order valence-electron chi connectivity index (χ1n) is 7.85. The Morgan fingerprint density at radius 2 is 1.17 bits per heavy atom. The summed E-state index contributed by atoms with van der Waals surface area (Å²) in [5.41, 5.74) is -1.21. The topological polar surface area (TPSA) is 76.2 Å². The Morgan fingerprint density at radius 1 is 0.826 bits per heavy atom. The van der Waals surface area contributed by atoms with Crippen LogP contribution < -0.4 is 0 Å². The zero-order valence-electron chi connectivity index (χ0n) is 15.0. The monoisotopic (exact) mass is 328 g/mol. The molecule has 0 bridgehead atoms. The van der Waals surface area contributed by atoms with Gasteiger partial charge < -0.3 is 19.3 Å². The van der Waals surface area contributed by atoms with Crippen molar-refractivity contribution in [2.24, 2.45) is 0 Å². The molecular formula is C16H28N2O5. The van der Waals surface area contributed by atoms with Crippen molar-refractivity contribution in [3.05, 3.63) is 0 Å². The van der Waals surface area contributed by atoms with Gasteiger partial charge in [0.25, 0.3) is 0 Å². The number of nitrogens with zero attached hydrogens (tertiary/aromatic N) is 2. The molecule has 0 aromatic heterocycles. The third-order valence-electron chi connectivity index (χ3n) is 2.89. The Hall–Kier alpha value is -1.79. The van der Waals surface area contributed by atoms with Crippen molar-refractivity contribution in [3.8, 4) is 0 Å². The second kappa shape index (κ2) is 7.19. The average molecular weight is 328 g/mol. The Balaban J connectivity index is 2.64. The highest BCUT2D eigenvalue weighted by atomic mass is 16.6. The fraction of sp³-hybridized carbons (Fsp3) is 0.812. The highest BCUT2D eigenvalue weighted by Gasteiger charge is 2.29. The van der Waals surface area contributed by atoms with Gasteiger partial charge >= 0.3 is 12.2 Å². The summed E-state index contributed by atoms with van der Waals surface area (Å²) in [5.74, 6) is -0.221. The minimum atomic E-state index is -0.606. The van der Waals surface area contributed by atoms with Crippen molar-refractivity contribution in [1.82, 2.24) is 9.80 Å². The second-order valence-electron chi connectivity index (χ2n) is 7.70. The smallest absolute Gasteiger partial charge is 0.410 e. The van der Waals surface area contributed by atoms with Crippen LogP contribution in [0.5, 0.6) is 0 Å². The van der Waals surface area contributed by atoms with E-state index in [4.69, 9.17) is 9.47 Å². The molecule has 0 spiro atoms. The summed E-state index contributed by atoms with van der Waals surface area (Å²) in [6.07, 6.45) is -0.445. The summed E-state index contributed by atoms with van der Waals surface area (Å²) in [7, 11) is 0. The Bertz CT molecular complexity index is 422. The molecule has 1 saturated heterocycles. The van der Waals surface area contributed by atoms with Gasteiger partial charge in [-0.15, -0.1) is 0 Å². The SMILES string of the molecule is CC(C)(C)OC(=O)N1CCCN(C(=O)OC(C)(C)C)CC(=O)C1. The molecule has 0 radical (unpaired) electrons. The molecule has 0 unspecified atom stereocenters. The summed E-state index contributed by atoms with van der Waals surface area (Å²) in [6.45, 7) is 11.3. The average Bonchev–Trinajstić information content (AvgIpc) is 2.28. The van der Waals surface area contributed by atoms with Crippen molar-refractivity contribution in [3.63, 3.8) is 0 Å². The maximum absolute atomic E-state index is 12.1. The molecule has 0 aliphatic carbocycles. The third kappa shape index (κ3) is 7.34. The molecular weight excluding hydrogens is 300 g/mol. The molecule has 0 atom stereocenters. The number of Topliss-reactive ketones (excluding diaryl/α,β-unsaturated/α-hetero) is 1. The van der Waals surface area contributed by atoms with Gasteiger partial charge in [0.15, 0.2) is 5.78 Å². The van der Waals surface area contributed by atoms with Gasteiger partial charge in [0, 0.05) is 13.1 Å². The molecule has 0 saturated carbocycles. The Kier molecular flexibility index (Phi) is 6.02. The number of amides is 2. The number of hydrogen-bond acceptors (Lipinski definition) is 5. The first-order chi connectivity index (χ1) is 10.4. The minimum Gasteiger partial charge on any atom is -0.444 e. The molecule has 0 aromatic rings. The van der Waals surface area contributed by atoms with Crippen LogP contribution in [-0.4, -0.2) is 65.2 Å². The highest BCUT2D eigenvalue weighted by Crippen LogP contribution is 2.14. The third-order valence-corrected chi connectivity index (χ3v) is 2.89. The van der Waals surface area contributed by atoms with E-state index in [0.29, 0.717) is 19.5 Å². The predicted octanol–water partition coefficient (Wildman–Crippen LogP) is 2.43. The van der Waals surface area contributed by atoms with Crippen LogP contribution in [0, 0.1) is 0 Å². The van der Waals surface area contributed by atoms with Crippen molar-refractivity contribution < 1.29 is 23.9 Å². The molecule has 0 aromatic carbocycles. The van der Waals surface area contributed by atoms with E-state index in [1.807, 2.05) is 0 Å². The van der Waals surface area contributed by atoms with Gasteiger partial charge in [-0.25, -0.2) is 9.59 Å². The lowest BCUT2D eigenvalue weighted by Gasteiger charge is -2.32. The highest BCUT2D eigenvalue weighted by molar-refractivity contribution is 5.88. The fourth-order valence-electron chi connectivity index (χ4n) is 2.05. The number of carbonyl (C=O) groups is 3. The maximum atomic E-state index is 12.1. The first kappa shape index (κ1) is 19.3. The molecule has 7 nitrogen and oxygen atoms in total. The zero-order valence-corrected chi connectivity index (χ0v) is 15.0. The van der Waals surface area contributed by atoms with Gasteiger partial charge in [0.1, 0.15) is 11.2 Å². The second-order valence-corrected chi connectivity index (χ2v) is 7.70.